The quantitative estimate of drug-likeness (QED) is 0.726. The van der Waals surface area contributed by atoms with Crippen molar-refractivity contribution in [2.75, 3.05) is 26.2 Å². The van der Waals surface area contributed by atoms with Gasteiger partial charge in [0.1, 0.15) is 0 Å². The van der Waals surface area contributed by atoms with Crippen molar-refractivity contribution in [1.29, 1.82) is 0 Å². The van der Waals surface area contributed by atoms with Gasteiger partial charge in [-0.2, -0.15) is 0 Å². The molecular weight excluding hydrogens is 418 g/mol. The Morgan fingerprint density at radius 1 is 1.15 bits per heavy atom. The second kappa shape index (κ2) is 8.89. The second-order valence-corrected chi connectivity index (χ2v) is 10.3. The number of piperidine rings is 1. The molecule has 33 heavy (non-hydrogen) atoms. The van der Waals surface area contributed by atoms with Crippen molar-refractivity contribution in [3.05, 3.63) is 47.7 Å². The lowest BCUT2D eigenvalue weighted by Crippen LogP contribution is -2.45. The number of likely N-dealkylation sites (tertiary alicyclic amines) is 2. The molecule has 3 fully saturated rings. The van der Waals surface area contributed by atoms with E-state index in [-0.39, 0.29) is 29.2 Å². The lowest BCUT2D eigenvalue weighted by Gasteiger charge is -2.39. The average Bonchev–Trinajstić information content (AvgIpc) is 3.36. The van der Waals surface area contributed by atoms with E-state index in [0.717, 1.165) is 57.3 Å². The zero-order valence-corrected chi connectivity index (χ0v) is 19.5. The van der Waals surface area contributed by atoms with Crippen molar-refractivity contribution in [1.82, 2.24) is 25.3 Å². The number of nitrogens with zero attached hydrogens (tertiary/aromatic N) is 4. The summed E-state index contributed by atoms with van der Waals surface area (Å²) in [6.45, 7) is 6.67. The summed E-state index contributed by atoms with van der Waals surface area (Å²) in [5, 5.41) is 11.7. The zero-order chi connectivity index (χ0) is 23.0. The van der Waals surface area contributed by atoms with Crippen molar-refractivity contribution in [2.24, 2.45) is 5.41 Å². The van der Waals surface area contributed by atoms with E-state index in [0.29, 0.717) is 24.4 Å². The molecule has 2 aromatic rings. The first-order valence-electron chi connectivity index (χ1n) is 12.1. The number of carbonyl (C=O) groups is 2. The van der Waals surface area contributed by atoms with Crippen LogP contribution in [-0.4, -0.2) is 64.0 Å². The van der Waals surface area contributed by atoms with Crippen molar-refractivity contribution < 1.29 is 14.0 Å². The predicted molar refractivity (Wildman–Crippen MR) is 122 cm³/mol. The molecule has 1 aliphatic carbocycles. The SMILES string of the molecule is CC(C)c1nnc(C2CC3(CCN(C(=O)c4ccccc4)CC3)CN2CC(=O)NC2CC2)o1. The molecule has 1 spiro atoms. The van der Waals surface area contributed by atoms with E-state index in [9.17, 15) is 9.59 Å². The lowest BCUT2D eigenvalue weighted by atomic mass is 9.76. The third-order valence-electron chi connectivity index (χ3n) is 7.26. The summed E-state index contributed by atoms with van der Waals surface area (Å²) < 4.78 is 6.03. The number of hydrogen-bond acceptors (Lipinski definition) is 6. The first kappa shape index (κ1) is 22.1. The van der Waals surface area contributed by atoms with E-state index in [4.69, 9.17) is 4.42 Å². The number of benzene rings is 1. The molecule has 8 heteroatoms. The Kier molecular flexibility index (Phi) is 5.95. The van der Waals surface area contributed by atoms with Crippen LogP contribution < -0.4 is 5.32 Å². The number of amides is 2. The highest BCUT2D eigenvalue weighted by molar-refractivity contribution is 5.94. The van der Waals surface area contributed by atoms with Crippen LogP contribution in [0, 0.1) is 5.41 Å². The zero-order valence-electron chi connectivity index (χ0n) is 19.5. The largest absolute Gasteiger partial charge is 0.423 e. The van der Waals surface area contributed by atoms with E-state index in [1.165, 1.54) is 0 Å². The standard InChI is InChI=1S/C25H33N5O3/c1-17(2)22-27-28-23(33-22)20-14-25(16-30(20)15-21(31)26-19-8-9-19)10-12-29(13-11-25)24(32)18-6-4-3-5-7-18/h3-7,17,19-20H,8-16H2,1-2H3,(H,26,31). The first-order valence-corrected chi connectivity index (χ1v) is 12.1. The Bertz CT molecular complexity index is 992. The normalized spacial score (nSPS) is 22.8. The van der Waals surface area contributed by atoms with Crippen LogP contribution in [0.25, 0.3) is 0 Å². The van der Waals surface area contributed by atoms with Crippen molar-refractivity contribution >= 4 is 11.8 Å². The van der Waals surface area contributed by atoms with Gasteiger partial charge in [-0.15, -0.1) is 10.2 Å². The highest BCUT2D eigenvalue weighted by Gasteiger charge is 2.48. The second-order valence-electron chi connectivity index (χ2n) is 10.3. The maximum atomic E-state index is 12.9. The summed E-state index contributed by atoms with van der Waals surface area (Å²) in [5.74, 6) is 1.58. The number of hydrogen-bond donors (Lipinski definition) is 1. The Labute approximate surface area is 194 Å². The van der Waals surface area contributed by atoms with Crippen LogP contribution in [0.15, 0.2) is 34.7 Å². The maximum absolute atomic E-state index is 12.9. The van der Waals surface area contributed by atoms with Crippen LogP contribution in [0.4, 0.5) is 0 Å². The highest BCUT2D eigenvalue weighted by atomic mass is 16.4. The number of carbonyl (C=O) groups excluding carboxylic acids is 2. The van der Waals surface area contributed by atoms with Crippen LogP contribution >= 0.6 is 0 Å². The molecule has 176 valence electrons. The fourth-order valence-electron chi connectivity index (χ4n) is 5.16. The lowest BCUT2D eigenvalue weighted by molar-refractivity contribution is -0.122. The highest BCUT2D eigenvalue weighted by Crippen LogP contribution is 2.48. The van der Waals surface area contributed by atoms with E-state index < -0.39 is 0 Å². The Hall–Kier alpha value is -2.74. The number of nitrogens with one attached hydrogen (secondary N) is 1. The number of aromatic nitrogens is 2. The summed E-state index contributed by atoms with van der Waals surface area (Å²) in [4.78, 5) is 29.7. The Balaban J connectivity index is 1.29. The van der Waals surface area contributed by atoms with Gasteiger partial charge in [0.05, 0.1) is 12.6 Å². The van der Waals surface area contributed by atoms with Crippen LogP contribution in [0.2, 0.25) is 0 Å². The minimum absolute atomic E-state index is 0.0461. The van der Waals surface area contributed by atoms with Crippen molar-refractivity contribution in [3.63, 3.8) is 0 Å². The molecular formula is C25H33N5O3. The van der Waals surface area contributed by atoms with Crippen molar-refractivity contribution in [2.45, 2.75) is 64.0 Å². The molecule has 1 atom stereocenters. The molecule has 1 unspecified atom stereocenters. The third-order valence-corrected chi connectivity index (χ3v) is 7.26. The van der Waals surface area contributed by atoms with Crippen LogP contribution in [0.3, 0.4) is 0 Å². The molecule has 3 aliphatic rings. The molecule has 3 heterocycles. The van der Waals surface area contributed by atoms with Crippen LogP contribution in [-0.2, 0) is 4.79 Å². The van der Waals surface area contributed by atoms with Gasteiger partial charge < -0.3 is 14.6 Å². The molecule has 5 rings (SSSR count). The van der Waals surface area contributed by atoms with Gasteiger partial charge in [-0.25, -0.2) is 0 Å². The molecule has 1 saturated carbocycles. The molecule has 2 aliphatic heterocycles. The Morgan fingerprint density at radius 3 is 2.52 bits per heavy atom. The van der Waals surface area contributed by atoms with Gasteiger partial charge in [-0.3, -0.25) is 14.5 Å². The monoisotopic (exact) mass is 451 g/mol. The van der Waals surface area contributed by atoms with Crippen LogP contribution in [0.5, 0.6) is 0 Å². The minimum Gasteiger partial charge on any atom is -0.423 e. The van der Waals surface area contributed by atoms with E-state index in [1.54, 1.807) is 0 Å². The van der Waals surface area contributed by atoms with E-state index >= 15 is 0 Å². The molecule has 2 saturated heterocycles. The molecule has 1 aromatic heterocycles. The van der Waals surface area contributed by atoms with Crippen LogP contribution in [0.1, 0.15) is 80.1 Å². The molecule has 8 nitrogen and oxygen atoms in total. The van der Waals surface area contributed by atoms with Gasteiger partial charge in [0.15, 0.2) is 0 Å². The van der Waals surface area contributed by atoms with E-state index in [2.05, 4.69) is 20.4 Å². The third kappa shape index (κ3) is 4.81. The van der Waals surface area contributed by atoms with Gasteiger partial charge in [0.25, 0.3) is 5.91 Å². The van der Waals surface area contributed by atoms with Gasteiger partial charge in [0.2, 0.25) is 17.7 Å². The summed E-state index contributed by atoms with van der Waals surface area (Å²) in [5.41, 5.74) is 0.785. The number of rotatable bonds is 6. The summed E-state index contributed by atoms with van der Waals surface area (Å²) >= 11 is 0. The fourth-order valence-corrected chi connectivity index (χ4v) is 5.16. The summed E-state index contributed by atoms with van der Waals surface area (Å²) in [6, 6.07) is 9.76. The topological polar surface area (TPSA) is 91.6 Å². The summed E-state index contributed by atoms with van der Waals surface area (Å²) in [6.07, 6.45) is 4.84. The molecule has 0 bridgehead atoms. The van der Waals surface area contributed by atoms with Crippen molar-refractivity contribution in [3.8, 4) is 0 Å². The Morgan fingerprint density at radius 2 is 1.88 bits per heavy atom. The molecule has 0 radical (unpaired) electrons. The summed E-state index contributed by atoms with van der Waals surface area (Å²) in [7, 11) is 0. The van der Waals surface area contributed by atoms with Gasteiger partial charge in [-0.05, 0) is 49.7 Å². The van der Waals surface area contributed by atoms with Gasteiger partial charge in [-0.1, -0.05) is 32.0 Å². The van der Waals surface area contributed by atoms with Gasteiger partial charge >= 0.3 is 0 Å². The minimum atomic E-state index is -0.0636. The average molecular weight is 452 g/mol. The predicted octanol–water partition coefficient (Wildman–Crippen LogP) is 3.14. The first-order chi connectivity index (χ1) is 15.9. The van der Waals surface area contributed by atoms with E-state index in [1.807, 2.05) is 49.1 Å². The molecule has 1 aromatic carbocycles. The maximum Gasteiger partial charge on any atom is 0.253 e. The smallest absolute Gasteiger partial charge is 0.253 e. The molecule has 1 N–H and O–H groups in total. The van der Waals surface area contributed by atoms with Gasteiger partial charge in [0, 0.05) is 37.2 Å². The molecule has 2 amide bonds. The fraction of sp³-hybridized carbons (Fsp3) is 0.600.